The molecule has 0 radical (unpaired) electrons. The number of aliphatic hydroxyl groups is 4. The molecule has 0 saturated heterocycles. The van der Waals surface area contributed by atoms with Gasteiger partial charge in [0.15, 0.2) is 5.79 Å². The van der Waals surface area contributed by atoms with Gasteiger partial charge in [-0.05, 0) is 60.7 Å². The van der Waals surface area contributed by atoms with E-state index in [1.165, 1.54) is 21.0 Å². The maximum atomic E-state index is 12.5. The van der Waals surface area contributed by atoms with Crippen molar-refractivity contribution in [1.29, 1.82) is 0 Å². The van der Waals surface area contributed by atoms with Crippen molar-refractivity contribution in [2.24, 2.45) is 46.3 Å². The lowest BCUT2D eigenvalue weighted by atomic mass is 9.41. The topological polar surface area (TPSA) is 169 Å². The van der Waals surface area contributed by atoms with Crippen LogP contribution in [0.5, 0.6) is 0 Å². The minimum Gasteiger partial charge on any atom is -0.469 e. The Balaban J connectivity index is 1.79. The first kappa shape index (κ1) is 33.1. The highest BCUT2D eigenvalue weighted by Gasteiger charge is 2.75. The Morgan fingerprint density at radius 2 is 1.60 bits per heavy atom. The van der Waals surface area contributed by atoms with E-state index in [0.29, 0.717) is 25.7 Å². The van der Waals surface area contributed by atoms with Gasteiger partial charge >= 0.3 is 17.9 Å². The molecule has 4 saturated carbocycles. The maximum Gasteiger partial charge on any atom is 0.305 e. The fourth-order valence-electron chi connectivity index (χ4n) is 9.87. The molecule has 11 heteroatoms. The predicted octanol–water partition coefficient (Wildman–Crippen LogP) is 2.66. The van der Waals surface area contributed by atoms with E-state index in [0.717, 1.165) is 0 Å². The third-order valence-corrected chi connectivity index (χ3v) is 11.8. The summed E-state index contributed by atoms with van der Waals surface area (Å²) in [5.74, 6) is -8.78. The number of ether oxygens (including phenoxy) is 4. The number of rotatable bonds is 9. The van der Waals surface area contributed by atoms with Gasteiger partial charge in [-0.15, -0.1) is 0 Å². The first-order valence-corrected chi connectivity index (χ1v) is 15.4. The molecule has 4 rings (SSSR count). The molecular weight excluding hydrogens is 548 g/mol. The van der Waals surface area contributed by atoms with E-state index in [4.69, 9.17) is 18.9 Å². The second-order valence-corrected chi connectivity index (χ2v) is 13.9. The second-order valence-electron chi connectivity index (χ2n) is 13.9. The summed E-state index contributed by atoms with van der Waals surface area (Å²) in [7, 11) is 1.35. The number of hydrogen-bond acceptors (Lipinski definition) is 11. The van der Waals surface area contributed by atoms with Crippen molar-refractivity contribution in [3.05, 3.63) is 0 Å². The van der Waals surface area contributed by atoms with Crippen LogP contribution in [0.15, 0.2) is 0 Å². The number of aliphatic hydroxyl groups excluding tert-OH is 1. The predicted molar refractivity (Wildman–Crippen MR) is 148 cm³/mol. The summed E-state index contributed by atoms with van der Waals surface area (Å²) in [6, 6.07) is 0. The average molecular weight is 599 g/mol. The number of fused-ring (bicyclic) bond motifs is 5. The van der Waals surface area contributed by atoms with Gasteiger partial charge in [-0.3, -0.25) is 14.4 Å². The summed E-state index contributed by atoms with van der Waals surface area (Å²) in [6.07, 6.45) is 3.04. The van der Waals surface area contributed by atoms with Gasteiger partial charge in [0.1, 0.15) is 0 Å². The van der Waals surface area contributed by atoms with E-state index in [2.05, 4.69) is 6.92 Å². The Morgan fingerprint density at radius 3 is 2.19 bits per heavy atom. The zero-order chi connectivity index (χ0) is 31.3. The van der Waals surface area contributed by atoms with Crippen LogP contribution in [-0.2, 0) is 33.3 Å². The molecule has 0 bridgehead atoms. The molecule has 0 amide bonds. The van der Waals surface area contributed by atoms with Crippen LogP contribution in [-0.4, -0.2) is 76.0 Å². The summed E-state index contributed by atoms with van der Waals surface area (Å²) in [6.45, 7) is 8.25. The number of carbonyl (C=O) groups excluding carboxylic acids is 3. The summed E-state index contributed by atoms with van der Waals surface area (Å²) in [5, 5.41) is 45.4. The molecule has 4 N–H and O–H groups in total. The minimum atomic E-state index is -1.89. The van der Waals surface area contributed by atoms with Crippen molar-refractivity contribution in [3.63, 3.8) is 0 Å². The van der Waals surface area contributed by atoms with Crippen LogP contribution in [0.25, 0.3) is 0 Å². The van der Waals surface area contributed by atoms with Crippen molar-refractivity contribution in [2.75, 3.05) is 20.3 Å². The molecule has 0 heterocycles. The quantitative estimate of drug-likeness (QED) is 0.175. The van der Waals surface area contributed by atoms with Crippen molar-refractivity contribution in [2.45, 2.75) is 110 Å². The lowest BCUT2D eigenvalue weighted by molar-refractivity contribution is -0.375. The average Bonchev–Trinajstić information content (AvgIpc) is 3.25. The molecule has 4 fully saturated rings. The van der Waals surface area contributed by atoms with Crippen LogP contribution in [0.1, 0.15) is 92.4 Å². The Kier molecular flexibility index (Phi) is 9.16. The van der Waals surface area contributed by atoms with Gasteiger partial charge in [0.25, 0.3) is 0 Å². The number of methoxy groups -OCH3 is 1. The van der Waals surface area contributed by atoms with Gasteiger partial charge in [-0.25, -0.2) is 0 Å². The summed E-state index contributed by atoms with van der Waals surface area (Å²) in [5.41, 5.74) is -1.53. The third kappa shape index (κ3) is 5.49. The van der Waals surface area contributed by atoms with Crippen molar-refractivity contribution in [1.82, 2.24) is 0 Å². The highest BCUT2D eigenvalue weighted by molar-refractivity contribution is 5.69. The zero-order valence-electron chi connectivity index (χ0n) is 25.9. The highest BCUT2D eigenvalue weighted by Crippen LogP contribution is 2.73. The Labute approximate surface area is 248 Å². The summed E-state index contributed by atoms with van der Waals surface area (Å²) in [4.78, 5) is 36.9. The van der Waals surface area contributed by atoms with Crippen LogP contribution in [0.4, 0.5) is 0 Å². The van der Waals surface area contributed by atoms with Gasteiger partial charge in [0.05, 0.1) is 20.3 Å². The fourth-order valence-corrected chi connectivity index (χ4v) is 9.87. The van der Waals surface area contributed by atoms with Gasteiger partial charge in [0.2, 0.25) is 11.6 Å². The van der Waals surface area contributed by atoms with E-state index < -0.39 is 52.0 Å². The van der Waals surface area contributed by atoms with E-state index >= 15 is 0 Å². The number of carbonyl (C=O) groups is 3. The molecule has 11 atom stereocenters. The summed E-state index contributed by atoms with van der Waals surface area (Å²) < 4.78 is 22.1. The molecule has 4 aliphatic rings. The SMILES string of the molecule is COC(=O)CC[C@@H](C)[C@H]1CC[C@H]2[C@H]3[C@H](C[C@](O)(OC(C)=O)[C@]12C)[C@@]1(C)CC[C@](O)(OCCO)C[C@H]1C[C@@]3(O)OC(C)=O. The van der Waals surface area contributed by atoms with Crippen LogP contribution < -0.4 is 0 Å². The van der Waals surface area contributed by atoms with Crippen LogP contribution >= 0.6 is 0 Å². The molecular formula is C31H50O11. The standard InChI is InChI=1S/C31H50O11/c1-18(7-10-25(35)39-6)22-8-9-23-26-24(17-31(38,28(22,23)5)42-20(3)34)27(4)11-12-29(36,40-14-13-32)15-21(27)16-30(26,37)41-19(2)33/h18,21-24,26,32,36-38H,7-17H2,1-6H3/t18-,21+,22-,23+,24+,26+,27+,28-,29+,30-,31+/m1/s1. The van der Waals surface area contributed by atoms with Crippen LogP contribution in [0.2, 0.25) is 0 Å². The van der Waals surface area contributed by atoms with E-state index in [9.17, 15) is 34.8 Å². The van der Waals surface area contributed by atoms with E-state index in [1.807, 2.05) is 13.8 Å². The van der Waals surface area contributed by atoms with Gasteiger partial charge in [-0.2, -0.15) is 0 Å². The first-order chi connectivity index (χ1) is 19.5. The first-order valence-electron chi connectivity index (χ1n) is 15.4. The maximum absolute atomic E-state index is 12.5. The van der Waals surface area contributed by atoms with Crippen molar-refractivity contribution >= 4 is 17.9 Å². The molecule has 0 aromatic rings. The third-order valence-electron chi connectivity index (χ3n) is 11.8. The zero-order valence-corrected chi connectivity index (χ0v) is 25.9. The van der Waals surface area contributed by atoms with Crippen LogP contribution in [0.3, 0.4) is 0 Å². The molecule has 4 aliphatic carbocycles. The lowest BCUT2D eigenvalue weighted by Crippen LogP contribution is -2.71. The normalized spacial score (nSPS) is 45.1. The minimum absolute atomic E-state index is 0.0248. The molecule has 0 aliphatic heterocycles. The molecule has 0 spiro atoms. The molecule has 0 aromatic heterocycles. The smallest absolute Gasteiger partial charge is 0.305 e. The molecule has 42 heavy (non-hydrogen) atoms. The fraction of sp³-hybridized carbons (Fsp3) is 0.903. The Bertz CT molecular complexity index is 1050. The largest absolute Gasteiger partial charge is 0.469 e. The van der Waals surface area contributed by atoms with Gasteiger partial charge < -0.3 is 39.4 Å². The molecule has 0 unspecified atom stereocenters. The van der Waals surface area contributed by atoms with E-state index in [1.54, 1.807) is 0 Å². The summed E-state index contributed by atoms with van der Waals surface area (Å²) >= 11 is 0. The molecule has 0 aromatic carbocycles. The van der Waals surface area contributed by atoms with Gasteiger partial charge in [-0.1, -0.05) is 20.8 Å². The van der Waals surface area contributed by atoms with Crippen LogP contribution in [0, 0.1) is 46.3 Å². The lowest BCUT2D eigenvalue weighted by Gasteiger charge is -2.67. The van der Waals surface area contributed by atoms with E-state index in [-0.39, 0.29) is 75.0 Å². The Hall–Kier alpha value is -1.79. The molecule has 11 nitrogen and oxygen atoms in total. The Morgan fingerprint density at radius 1 is 0.929 bits per heavy atom. The van der Waals surface area contributed by atoms with Gasteiger partial charge in [0, 0.05) is 57.3 Å². The monoisotopic (exact) mass is 598 g/mol. The van der Waals surface area contributed by atoms with Crippen molar-refractivity contribution < 1.29 is 53.8 Å². The second kappa shape index (κ2) is 11.6. The number of esters is 3. The highest BCUT2D eigenvalue weighted by atomic mass is 16.7. The van der Waals surface area contributed by atoms with Crippen molar-refractivity contribution in [3.8, 4) is 0 Å². The number of hydrogen-bond donors (Lipinski definition) is 4. The molecule has 240 valence electrons.